The fraction of sp³-hybridized carbons (Fsp3) is 0.333. The van der Waals surface area contributed by atoms with Gasteiger partial charge in [-0.1, -0.05) is 59.8 Å². The summed E-state index contributed by atoms with van der Waals surface area (Å²) in [6, 6.07) is 18.9. The molecule has 0 N–H and O–H groups in total. The third-order valence-corrected chi connectivity index (χ3v) is 4.75. The Morgan fingerprint density at radius 2 is 1.85 bits per heavy atom. The molecule has 2 heterocycles. The molecule has 134 valence electrons. The normalized spacial score (nSPS) is 18.6. The number of benzene rings is 2. The number of ether oxygens (including phenoxy) is 1. The van der Waals surface area contributed by atoms with E-state index in [1.807, 2.05) is 12.1 Å². The lowest BCUT2D eigenvalue weighted by atomic mass is 10.0. The van der Waals surface area contributed by atoms with E-state index in [1.54, 1.807) is 6.92 Å². The lowest BCUT2D eigenvalue weighted by Gasteiger charge is -2.19. The maximum absolute atomic E-state index is 6.12. The van der Waals surface area contributed by atoms with Gasteiger partial charge in [0.15, 0.2) is 0 Å². The molecule has 1 aromatic heterocycles. The highest BCUT2D eigenvalue weighted by molar-refractivity contribution is 5.54. The van der Waals surface area contributed by atoms with Gasteiger partial charge in [0.1, 0.15) is 0 Å². The number of rotatable bonds is 4. The van der Waals surface area contributed by atoms with Crippen LogP contribution >= 0.6 is 0 Å². The van der Waals surface area contributed by atoms with E-state index in [-0.39, 0.29) is 6.10 Å². The van der Waals surface area contributed by atoms with Crippen molar-refractivity contribution in [1.29, 1.82) is 0 Å². The van der Waals surface area contributed by atoms with Crippen LogP contribution in [0, 0.1) is 6.92 Å². The van der Waals surface area contributed by atoms with E-state index in [9.17, 15) is 0 Å². The Labute approximate surface area is 153 Å². The molecule has 5 heteroatoms. The van der Waals surface area contributed by atoms with E-state index in [0.717, 1.165) is 38.2 Å². The zero-order valence-corrected chi connectivity index (χ0v) is 15.0. The molecule has 0 saturated carbocycles. The number of aromatic nitrogens is 2. The van der Waals surface area contributed by atoms with Gasteiger partial charge in [-0.2, -0.15) is 4.98 Å². The van der Waals surface area contributed by atoms with Crippen LogP contribution in [0.4, 0.5) is 0 Å². The Balaban J connectivity index is 1.39. The average molecular weight is 349 g/mol. The molecule has 0 spiro atoms. The minimum absolute atomic E-state index is 0.136. The Bertz CT molecular complexity index is 830. The molecule has 26 heavy (non-hydrogen) atoms. The molecule has 4 rings (SSSR count). The zero-order valence-electron chi connectivity index (χ0n) is 15.0. The lowest BCUT2D eigenvalue weighted by molar-refractivity contribution is 0.0616. The van der Waals surface area contributed by atoms with Crippen LogP contribution in [0.15, 0.2) is 59.1 Å². The fourth-order valence-electron chi connectivity index (χ4n) is 3.34. The monoisotopic (exact) mass is 349 g/mol. The van der Waals surface area contributed by atoms with Crippen LogP contribution in [-0.4, -0.2) is 34.7 Å². The molecule has 1 fully saturated rings. The maximum Gasteiger partial charge on any atom is 0.223 e. The van der Waals surface area contributed by atoms with Crippen LogP contribution in [-0.2, 0) is 11.3 Å². The van der Waals surface area contributed by atoms with Crippen LogP contribution in [0.1, 0.15) is 29.5 Å². The van der Waals surface area contributed by atoms with Gasteiger partial charge in [0.25, 0.3) is 0 Å². The van der Waals surface area contributed by atoms with Gasteiger partial charge in [0.2, 0.25) is 11.7 Å². The Morgan fingerprint density at radius 3 is 2.58 bits per heavy atom. The van der Waals surface area contributed by atoms with Gasteiger partial charge < -0.3 is 9.26 Å². The summed E-state index contributed by atoms with van der Waals surface area (Å²) in [7, 11) is 0. The van der Waals surface area contributed by atoms with Gasteiger partial charge in [-0.25, -0.2) is 0 Å². The van der Waals surface area contributed by atoms with Crippen LogP contribution in [0.5, 0.6) is 0 Å². The molecule has 0 bridgehead atoms. The summed E-state index contributed by atoms with van der Waals surface area (Å²) in [5.74, 6) is 1.21. The highest BCUT2D eigenvalue weighted by Gasteiger charge is 2.19. The molecule has 2 aromatic carbocycles. The SMILES string of the molecule is Cc1nc(-c2ccc(C3CCN(Cc4ccccc4)CCO3)cc2)no1. The van der Waals surface area contributed by atoms with Crippen molar-refractivity contribution >= 4 is 0 Å². The van der Waals surface area contributed by atoms with E-state index < -0.39 is 0 Å². The third kappa shape index (κ3) is 4.00. The number of hydrogen-bond acceptors (Lipinski definition) is 5. The molecule has 3 aromatic rings. The van der Waals surface area contributed by atoms with Crippen molar-refractivity contribution in [2.75, 3.05) is 19.7 Å². The third-order valence-electron chi connectivity index (χ3n) is 4.75. The van der Waals surface area contributed by atoms with E-state index in [2.05, 4.69) is 57.5 Å². The number of aryl methyl sites for hydroxylation is 1. The summed E-state index contributed by atoms with van der Waals surface area (Å²) >= 11 is 0. The van der Waals surface area contributed by atoms with Crippen molar-refractivity contribution in [3.8, 4) is 11.4 Å². The molecule has 1 aliphatic heterocycles. The van der Waals surface area contributed by atoms with E-state index in [0.29, 0.717) is 11.7 Å². The van der Waals surface area contributed by atoms with Crippen LogP contribution < -0.4 is 0 Å². The quantitative estimate of drug-likeness (QED) is 0.712. The zero-order chi connectivity index (χ0) is 17.8. The molecule has 1 atom stereocenters. The van der Waals surface area contributed by atoms with Gasteiger partial charge >= 0.3 is 0 Å². The second-order valence-electron chi connectivity index (χ2n) is 6.67. The van der Waals surface area contributed by atoms with Gasteiger partial charge in [-0.3, -0.25) is 4.90 Å². The van der Waals surface area contributed by atoms with E-state index in [1.165, 1.54) is 11.1 Å². The van der Waals surface area contributed by atoms with Gasteiger partial charge in [0.05, 0.1) is 12.7 Å². The second-order valence-corrected chi connectivity index (χ2v) is 6.67. The largest absolute Gasteiger partial charge is 0.372 e. The standard InChI is InChI=1S/C21H23N3O2/c1-16-22-21(23-26-16)19-9-7-18(8-10-19)20-11-12-24(13-14-25-20)15-17-5-3-2-4-6-17/h2-10,20H,11-15H2,1H3. The molecule has 0 amide bonds. The Morgan fingerprint density at radius 1 is 1.04 bits per heavy atom. The minimum atomic E-state index is 0.136. The molecule has 5 nitrogen and oxygen atoms in total. The topological polar surface area (TPSA) is 51.4 Å². The summed E-state index contributed by atoms with van der Waals surface area (Å²) in [6.07, 6.45) is 1.13. The minimum Gasteiger partial charge on any atom is -0.372 e. The first-order chi connectivity index (χ1) is 12.8. The van der Waals surface area contributed by atoms with Crippen LogP contribution in [0.25, 0.3) is 11.4 Å². The second kappa shape index (κ2) is 7.81. The van der Waals surface area contributed by atoms with Crippen molar-refractivity contribution in [1.82, 2.24) is 15.0 Å². The van der Waals surface area contributed by atoms with Crippen LogP contribution in [0.3, 0.4) is 0 Å². The first-order valence-electron chi connectivity index (χ1n) is 9.06. The van der Waals surface area contributed by atoms with Crippen molar-refractivity contribution in [3.05, 3.63) is 71.6 Å². The predicted octanol–water partition coefficient (Wildman–Crippen LogP) is 4.01. The Kier molecular flexibility index (Phi) is 5.09. The first-order valence-corrected chi connectivity index (χ1v) is 9.06. The highest BCUT2D eigenvalue weighted by Crippen LogP contribution is 2.26. The first kappa shape index (κ1) is 16.9. The molecule has 1 unspecified atom stereocenters. The predicted molar refractivity (Wildman–Crippen MR) is 99.5 cm³/mol. The van der Waals surface area contributed by atoms with Crippen molar-refractivity contribution in [2.24, 2.45) is 0 Å². The van der Waals surface area contributed by atoms with Gasteiger partial charge in [-0.15, -0.1) is 0 Å². The van der Waals surface area contributed by atoms with E-state index >= 15 is 0 Å². The summed E-state index contributed by atoms with van der Waals surface area (Å²) in [5, 5.41) is 3.97. The summed E-state index contributed by atoms with van der Waals surface area (Å²) in [6.45, 7) is 5.53. The fourth-order valence-corrected chi connectivity index (χ4v) is 3.34. The van der Waals surface area contributed by atoms with Crippen molar-refractivity contribution < 1.29 is 9.26 Å². The van der Waals surface area contributed by atoms with Crippen molar-refractivity contribution in [3.63, 3.8) is 0 Å². The summed E-state index contributed by atoms with van der Waals surface area (Å²) in [4.78, 5) is 6.74. The van der Waals surface area contributed by atoms with Crippen LogP contribution in [0.2, 0.25) is 0 Å². The molecule has 1 saturated heterocycles. The average Bonchev–Trinajstić information content (AvgIpc) is 2.98. The molecular formula is C21H23N3O2. The van der Waals surface area contributed by atoms with Gasteiger partial charge in [-0.05, 0) is 17.5 Å². The van der Waals surface area contributed by atoms with E-state index in [4.69, 9.17) is 9.26 Å². The maximum atomic E-state index is 6.12. The number of hydrogen-bond donors (Lipinski definition) is 0. The molecule has 1 aliphatic rings. The molecule has 0 radical (unpaired) electrons. The molecule has 0 aliphatic carbocycles. The highest BCUT2D eigenvalue weighted by atomic mass is 16.5. The van der Waals surface area contributed by atoms with Gasteiger partial charge in [0, 0.05) is 32.1 Å². The van der Waals surface area contributed by atoms with Crippen molar-refractivity contribution in [2.45, 2.75) is 26.0 Å². The smallest absolute Gasteiger partial charge is 0.223 e. The Hall–Kier alpha value is -2.50. The molecular weight excluding hydrogens is 326 g/mol. The summed E-state index contributed by atoms with van der Waals surface area (Å²) in [5.41, 5.74) is 3.52. The summed E-state index contributed by atoms with van der Waals surface area (Å²) < 4.78 is 11.2. The lowest BCUT2D eigenvalue weighted by Crippen LogP contribution is -2.25. The number of nitrogens with zero attached hydrogens (tertiary/aromatic N) is 3.